The lowest BCUT2D eigenvalue weighted by molar-refractivity contribution is -0.138. The van der Waals surface area contributed by atoms with E-state index in [2.05, 4.69) is 0 Å². The number of halogens is 6. The van der Waals surface area contributed by atoms with E-state index in [0.29, 0.717) is 12.1 Å². The van der Waals surface area contributed by atoms with E-state index in [1.54, 1.807) is 6.07 Å². The molecule has 0 spiro atoms. The van der Waals surface area contributed by atoms with Crippen molar-refractivity contribution in [1.29, 1.82) is 10.5 Å². The van der Waals surface area contributed by atoms with Crippen molar-refractivity contribution in [3.05, 3.63) is 58.7 Å². The number of benzene rings is 2. The van der Waals surface area contributed by atoms with Gasteiger partial charge in [0.25, 0.3) is 0 Å². The van der Waals surface area contributed by atoms with E-state index < -0.39 is 34.6 Å². The summed E-state index contributed by atoms with van der Waals surface area (Å²) in [5.41, 5.74) is -4.35. The third-order valence-electron chi connectivity index (χ3n) is 3.21. The van der Waals surface area contributed by atoms with Crippen LogP contribution in [-0.4, -0.2) is 0 Å². The molecule has 0 aliphatic carbocycles. The van der Waals surface area contributed by atoms with E-state index in [1.807, 2.05) is 0 Å². The molecule has 2 aromatic rings. The van der Waals surface area contributed by atoms with Crippen molar-refractivity contribution in [2.45, 2.75) is 12.4 Å². The van der Waals surface area contributed by atoms with Crippen LogP contribution in [0.2, 0.25) is 0 Å². The zero-order valence-electron chi connectivity index (χ0n) is 11.6. The summed E-state index contributed by atoms with van der Waals surface area (Å²) in [6, 6.07) is 7.81. The summed E-state index contributed by atoms with van der Waals surface area (Å²) in [5, 5.41) is 17.4. The van der Waals surface area contributed by atoms with Crippen LogP contribution in [0.15, 0.2) is 36.4 Å². The lowest BCUT2D eigenvalue weighted by Gasteiger charge is -2.15. The van der Waals surface area contributed by atoms with E-state index in [1.165, 1.54) is 6.07 Å². The average Bonchev–Trinajstić information content (AvgIpc) is 2.52. The molecule has 0 saturated carbocycles. The smallest absolute Gasteiger partial charge is 0.192 e. The van der Waals surface area contributed by atoms with Gasteiger partial charge in [0.15, 0.2) is 0 Å². The minimum absolute atomic E-state index is 0.268. The Balaban J connectivity index is 2.74. The fraction of sp³-hybridized carbons (Fsp3) is 0.125. The Bertz CT molecular complexity index is 866. The van der Waals surface area contributed by atoms with Gasteiger partial charge in [-0.05, 0) is 35.4 Å². The lowest BCUT2D eigenvalue weighted by Crippen LogP contribution is -2.10. The number of hydrogen-bond donors (Lipinski definition) is 0. The average molecular weight is 340 g/mol. The van der Waals surface area contributed by atoms with Gasteiger partial charge in [-0.1, -0.05) is 12.1 Å². The van der Waals surface area contributed by atoms with Gasteiger partial charge in [-0.25, -0.2) is 0 Å². The summed E-state index contributed by atoms with van der Waals surface area (Å²) < 4.78 is 78.3. The molecule has 0 heterocycles. The molecule has 122 valence electrons. The number of alkyl halides is 6. The quantitative estimate of drug-likeness (QED) is 0.675. The summed E-state index contributed by atoms with van der Waals surface area (Å²) in [6.45, 7) is 0. The fourth-order valence-electron chi connectivity index (χ4n) is 2.14. The highest BCUT2D eigenvalue weighted by Gasteiger charge is 2.36. The second kappa shape index (κ2) is 5.89. The van der Waals surface area contributed by atoms with Gasteiger partial charge < -0.3 is 0 Å². The molecule has 0 atom stereocenters. The monoisotopic (exact) mass is 340 g/mol. The molecule has 0 aliphatic heterocycles. The van der Waals surface area contributed by atoms with Crippen LogP contribution >= 0.6 is 0 Å². The normalized spacial score (nSPS) is 11.7. The van der Waals surface area contributed by atoms with Crippen LogP contribution in [0.25, 0.3) is 11.1 Å². The predicted molar refractivity (Wildman–Crippen MR) is 71.3 cm³/mol. The molecule has 24 heavy (non-hydrogen) atoms. The third-order valence-corrected chi connectivity index (χ3v) is 3.21. The highest BCUT2D eigenvalue weighted by atomic mass is 19.4. The second-order valence-corrected chi connectivity index (χ2v) is 4.74. The Kier molecular flexibility index (Phi) is 4.26. The van der Waals surface area contributed by atoms with Crippen molar-refractivity contribution in [1.82, 2.24) is 0 Å². The van der Waals surface area contributed by atoms with E-state index in [-0.39, 0.29) is 11.1 Å². The van der Waals surface area contributed by atoms with Crippen molar-refractivity contribution in [3.8, 4) is 23.3 Å². The molecular formula is C16H6F6N2. The zero-order valence-corrected chi connectivity index (χ0v) is 11.6. The molecule has 8 heteroatoms. The van der Waals surface area contributed by atoms with Gasteiger partial charge in [0.1, 0.15) is 0 Å². The van der Waals surface area contributed by atoms with Gasteiger partial charge in [0, 0.05) is 0 Å². The van der Waals surface area contributed by atoms with E-state index in [0.717, 1.165) is 24.3 Å². The summed E-state index contributed by atoms with van der Waals surface area (Å²) in [7, 11) is 0. The molecule has 2 aromatic carbocycles. The highest BCUT2D eigenvalue weighted by Crippen LogP contribution is 2.40. The molecule has 0 aromatic heterocycles. The maximum atomic E-state index is 13.1. The number of nitrogens with zero attached hydrogens (tertiary/aromatic N) is 2. The fourth-order valence-corrected chi connectivity index (χ4v) is 2.14. The van der Waals surface area contributed by atoms with Crippen LogP contribution in [0, 0.1) is 22.7 Å². The third kappa shape index (κ3) is 3.33. The van der Waals surface area contributed by atoms with Crippen molar-refractivity contribution >= 4 is 0 Å². The minimum atomic E-state index is -4.88. The first kappa shape index (κ1) is 17.4. The van der Waals surface area contributed by atoms with Crippen LogP contribution in [0.4, 0.5) is 26.3 Å². The number of hydrogen-bond acceptors (Lipinski definition) is 2. The molecule has 0 saturated heterocycles. The first-order valence-corrected chi connectivity index (χ1v) is 6.31. The summed E-state index contributed by atoms with van der Waals surface area (Å²) in [4.78, 5) is 0. The maximum absolute atomic E-state index is 13.1. The Labute approximate surface area is 132 Å². The SMILES string of the molecule is N#Cc1ccc(-c2ccc(C#N)c(C(F)(F)F)c2)c(C(F)(F)F)c1. The minimum Gasteiger partial charge on any atom is -0.192 e. The van der Waals surface area contributed by atoms with E-state index in [9.17, 15) is 26.3 Å². The molecule has 2 rings (SSSR count). The van der Waals surface area contributed by atoms with Crippen LogP contribution in [-0.2, 0) is 12.4 Å². The lowest BCUT2D eigenvalue weighted by atomic mass is 9.94. The Morgan fingerprint density at radius 2 is 1.33 bits per heavy atom. The first-order chi connectivity index (χ1) is 11.1. The van der Waals surface area contributed by atoms with Crippen LogP contribution in [0.1, 0.15) is 22.3 Å². The molecule has 0 unspecified atom stereocenters. The van der Waals surface area contributed by atoms with Crippen LogP contribution < -0.4 is 0 Å². The molecule has 2 nitrogen and oxygen atoms in total. The van der Waals surface area contributed by atoms with Crippen LogP contribution in [0.5, 0.6) is 0 Å². The van der Waals surface area contributed by atoms with Gasteiger partial charge in [-0.3, -0.25) is 0 Å². The molecule has 0 fully saturated rings. The van der Waals surface area contributed by atoms with Gasteiger partial charge in [-0.15, -0.1) is 0 Å². The van der Waals surface area contributed by atoms with E-state index >= 15 is 0 Å². The molecule has 0 amide bonds. The molecule has 0 radical (unpaired) electrons. The van der Waals surface area contributed by atoms with Gasteiger partial charge in [-0.2, -0.15) is 36.9 Å². The molecular weight excluding hydrogens is 334 g/mol. The molecule has 0 bridgehead atoms. The van der Waals surface area contributed by atoms with Crippen molar-refractivity contribution in [2.75, 3.05) is 0 Å². The Morgan fingerprint density at radius 3 is 1.83 bits per heavy atom. The molecule has 0 N–H and O–H groups in total. The molecule has 0 aliphatic rings. The summed E-state index contributed by atoms with van der Waals surface area (Å²) in [6.07, 6.45) is -9.74. The van der Waals surface area contributed by atoms with Crippen molar-refractivity contribution in [3.63, 3.8) is 0 Å². The number of rotatable bonds is 1. The van der Waals surface area contributed by atoms with Crippen LogP contribution in [0.3, 0.4) is 0 Å². The Hall–Kier alpha value is -3.00. The maximum Gasteiger partial charge on any atom is 0.417 e. The standard InChI is InChI=1S/C16H6F6N2/c17-15(18,19)13-6-10(2-3-11(13)8-24)12-4-1-9(7-23)5-14(12)16(20,21)22/h1-6H. The zero-order chi connectivity index (χ0) is 18.1. The van der Waals surface area contributed by atoms with Crippen molar-refractivity contribution < 1.29 is 26.3 Å². The summed E-state index contributed by atoms with van der Waals surface area (Å²) in [5.74, 6) is 0. The topological polar surface area (TPSA) is 47.6 Å². The van der Waals surface area contributed by atoms with Crippen molar-refractivity contribution in [2.24, 2.45) is 0 Å². The van der Waals surface area contributed by atoms with E-state index in [4.69, 9.17) is 10.5 Å². The second-order valence-electron chi connectivity index (χ2n) is 4.74. The summed E-state index contributed by atoms with van der Waals surface area (Å²) >= 11 is 0. The van der Waals surface area contributed by atoms with Gasteiger partial charge in [0.05, 0.1) is 34.4 Å². The van der Waals surface area contributed by atoms with Gasteiger partial charge in [0.2, 0.25) is 0 Å². The Morgan fingerprint density at radius 1 is 0.708 bits per heavy atom. The first-order valence-electron chi connectivity index (χ1n) is 6.31. The largest absolute Gasteiger partial charge is 0.417 e. The van der Waals surface area contributed by atoms with Gasteiger partial charge >= 0.3 is 12.4 Å². The highest BCUT2D eigenvalue weighted by molar-refractivity contribution is 5.71. The number of nitriles is 2. The predicted octanol–water partition coefficient (Wildman–Crippen LogP) is 5.13.